The smallest absolute Gasteiger partial charge is 0.180 e. The minimum Gasteiger partial charge on any atom is -0.375 e. The van der Waals surface area contributed by atoms with E-state index in [0.29, 0.717) is 5.13 Å². The normalized spacial score (nSPS) is 18.9. The maximum atomic E-state index is 6.01. The third kappa shape index (κ3) is 3.33. The molecule has 1 aromatic carbocycles. The first-order valence-corrected chi connectivity index (χ1v) is 9.05. The Bertz CT molecular complexity index is 635. The Balaban J connectivity index is 1.85. The van der Waals surface area contributed by atoms with Crippen LogP contribution in [0.5, 0.6) is 0 Å². The molecule has 1 atom stereocenters. The minimum atomic E-state index is 0.678. The summed E-state index contributed by atoms with van der Waals surface area (Å²) in [5.41, 5.74) is 9.54. The van der Waals surface area contributed by atoms with Gasteiger partial charge in [-0.25, -0.2) is 4.98 Å². The molecule has 1 aliphatic heterocycles. The van der Waals surface area contributed by atoms with Gasteiger partial charge in [0.1, 0.15) is 0 Å². The maximum Gasteiger partial charge on any atom is 0.180 e. The summed E-state index contributed by atoms with van der Waals surface area (Å²) in [4.78, 5) is 8.54. The second-order valence-corrected chi connectivity index (χ2v) is 7.36. The van der Waals surface area contributed by atoms with Crippen LogP contribution in [0.25, 0.3) is 11.3 Å². The molecule has 1 aliphatic rings. The molecule has 2 aromatic rings. The van der Waals surface area contributed by atoms with E-state index in [-0.39, 0.29) is 0 Å². The monoisotopic (exact) mass is 315 g/mol. The summed E-state index contributed by atoms with van der Waals surface area (Å²) in [6.45, 7) is 6.59. The minimum absolute atomic E-state index is 0.678. The highest BCUT2D eigenvalue weighted by molar-refractivity contribution is 7.15. The molecule has 118 valence electrons. The molecule has 0 radical (unpaired) electrons. The van der Waals surface area contributed by atoms with E-state index in [4.69, 9.17) is 5.73 Å². The highest BCUT2D eigenvalue weighted by Crippen LogP contribution is 2.33. The third-order valence-corrected chi connectivity index (χ3v) is 5.34. The first-order chi connectivity index (χ1) is 10.7. The van der Waals surface area contributed by atoms with Crippen LogP contribution in [-0.4, -0.2) is 22.5 Å². The van der Waals surface area contributed by atoms with Gasteiger partial charge in [0.15, 0.2) is 5.13 Å². The van der Waals surface area contributed by atoms with Crippen molar-refractivity contribution in [1.29, 1.82) is 0 Å². The highest BCUT2D eigenvalue weighted by Gasteiger charge is 2.25. The molecule has 1 aromatic heterocycles. The summed E-state index contributed by atoms with van der Waals surface area (Å²) in [7, 11) is 0. The molecule has 0 spiro atoms. The molecule has 2 heterocycles. The van der Waals surface area contributed by atoms with Crippen LogP contribution in [0, 0.1) is 6.92 Å². The van der Waals surface area contributed by atoms with E-state index in [0.717, 1.165) is 18.3 Å². The Morgan fingerprint density at radius 2 is 2.27 bits per heavy atom. The quantitative estimate of drug-likeness (QED) is 0.885. The van der Waals surface area contributed by atoms with Crippen molar-refractivity contribution in [2.45, 2.75) is 52.1 Å². The molecule has 0 unspecified atom stereocenters. The number of hydrogen-bond donors (Lipinski definition) is 1. The Hall–Kier alpha value is -1.39. The van der Waals surface area contributed by atoms with Crippen LogP contribution >= 0.6 is 11.3 Å². The lowest BCUT2D eigenvalue weighted by Crippen LogP contribution is -2.28. The standard InChI is InChI=1S/C18H25N3S/c1-3-6-15-9-5-10-21(15)12-16-17(20-18(19)22-16)14-8-4-7-13(2)11-14/h4,7-8,11,15H,3,5-6,9-10,12H2,1-2H3,(H2,19,20)/t15-/m1/s1. The zero-order valence-electron chi connectivity index (χ0n) is 13.5. The number of hydrogen-bond acceptors (Lipinski definition) is 4. The van der Waals surface area contributed by atoms with Crippen molar-refractivity contribution < 1.29 is 0 Å². The van der Waals surface area contributed by atoms with Crippen molar-refractivity contribution >= 4 is 16.5 Å². The zero-order valence-corrected chi connectivity index (χ0v) is 14.3. The Morgan fingerprint density at radius 1 is 1.41 bits per heavy atom. The van der Waals surface area contributed by atoms with E-state index in [9.17, 15) is 0 Å². The van der Waals surface area contributed by atoms with Crippen molar-refractivity contribution in [3.8, 4) is 11.3 Å². The van der Waals surface area contributed by atoms with Gasteiger partial charge in [-0.15, -0.1) is 11.3 Å². The van der Waals surface area contributed by atoms with Crippen LogP contribution in [0.1, 0.15) is 43.0 Å². The van der Waals surface area contributed by atoms with Gasteiger partial charge in [0, 0.05) is 23.0 Å². The largest absolute Gasteiger partial charge is 0.375 e. The van der Waals surface area contributed by atoms with Gasteiger partial charge in [0.05, 0.1) is 5.69 Å². The van der Waals surface area contributed by atoms with Crippen LogP contribution in [0.15, 0.2) is 24.3 Å². The number of rotatable bonds is 5. The van der Waals surface area contributed by atoms with E-state index < -0.39 is 0 Å². The van der Waals surface area contributed by atoms with E-state index in [1.165, 1.54) is 48.2 Å². The van der Waals surface area contributed by atoms with Gasteiger partial charge in [-0.1, -0.05) is 37.1 Å². The van der Waals surface area contributed by atoms with Crippen molar-refractivity contribution in [2.24, 2.45) is 0 Å². The zero-order chi connectivity index (χ0) is 15.5. The summed E-state index contributed by atoms with van der Waals surface area (Å²) >= 11 is 1.65. The van der Waals surface area contributed by atoms with Gasteiger partial charge >= 0.3 is 0 Å². The van der Waals surface area contributed by atoms with Crippen LogP contribution in [-0.2, 0) is 6.54 Å². The molecule has 0 saturated carbocycles. The molecule has 0 bridgehead atoms. The molecule has 3 rings (SSSR count). The highest BCUT2D eigenvalue weighted by atomic mass is 32.1. The summed E-state index contributed by atoms with van der Waals surface area (Å²) < 4.78 is 0. The topological polar surface area (TPSA) is 42.1 Å². The first kappa shape index (κ1) is 15.5. The molecular formula is C18H25N3S. The maximum absolute atomic E-state index is 6.01. The summed E-state index contributed by atoms with van der Waals surface area (Å²) in [6, 6.07) is 9.29. The Morgan fingerprint density at radius 3 is 3.05 bits per heavy atom. The Labute approximate surface area is 137 Å². The fraction of sp³-hybridized carbons (Fsp3) is 0.500. The van der Waals surface area contributed by atoms with Crippen LogP contribution in [0.3, 0.4) is 0 Å². The van der Waals surface area contributed by atoms with Gasteiger partial charge in [0.25, 0.3) is 0 Å². The molecule has 22 heavy (non-hydrogen) atoms. The number of aromatic nitrogens is 1. The molecular weight excluding hydrogens is 290 g/mol. The second kappa shape index (κ2) is 6.80. The Kier molecular flexibility index (Phi) is 4.79. The molecule has 4 heteroatoms. The fourth-order valence-electron chi connectivity index (χ4n) is 3.44. The number of nitrogens with zero attached hydrogens (tertiary/aromatic N) is 2. The predicted octanol–water partition coefficient (Wildman–Crippen LogP) is 4.47. The van der Waals surface area contributed by atoms with E-state index in [1.54, 1.807) is 11.3 Å². The fourth-order valence-corrected chi connectivity index (χ4v) is 4.32. The average molecular weight is 315 g/mol. The average Bonchev–Trinajstić information content (AvgIpc) is 3.07. The molecule has 1 fully saturated rings. The number of nitrogen functional groups attached to an aromatic ring is 1. The van der Waals surface area contributed by atoms with Crippen LogP contribution in [0.4, 0.5) is 5.13 Å². The number of aryl methyl sites for hydroxylation is 1. The van der Waals surface area contributed by atoms with Gasteiger partial charge in [-0.2, -0.15) is 0 Å². The molecule has 0 amide bonds. The van der Waals surface area contributed by atoms with E-state index in [2.05, 4.69) is 48.0 Å². The second-order valence-electron chi connectivity index (χ2n) is 6.25. The number of likely N-dealkylation sites (tertiary alicyclic amines) is 1. The SMILES string of the molecule is CCC[C@@H]1CCCN1Cc1sc(N)nc1-c1cccc(C)c1. The lowest BCUT2D eigenvalue weighted by molar-refractivity contribution is 0.235. The molecule has 1 saturated heterocycles. The van der Waals surface area contributed by atoms with Crippen molar-refractivity contribution in [2.75, 3.05) is 12.3 Å². The molecule has 3 nitrogen and oxygen atoms in total. The van der Waals surface area contributed by atoms with Gasteiger partial charge in [-0.3, -0.25) is 4.90 Å². The number of nitrogens with two attached hydrogens (primary N) is 1. The van der Waals surface area contributed by atoms with Gasteiger partial charge in [0.2, 0.25) is 0 Å². The predicted molar refractivity (Wildman–Crippen MR) is 95.0 cm³/mol. The number of thiazole rings is 1. The van der Waals surface area contributed by atoms with Crippen LogP contribution < -0.4 is 5.73 Å². The lowest BCUT2D eigenvalue weighted by atomic mass is 10.1. The van der Waals surface area contributed by atoms with Gasteiger partial charge < -0.3 is 5.73 Å². The molecule has 0 aliphatic carbocycles. The lowest BCUT2D eigenvalue weighted by Gasteiger charge is -2.23. The van der Waals surface area contributed by atoms with E-state index >= 15 is 0 Å². The van der Waals surface area contributed by atoms with Crippen molar-refractivity contribution in [3.63, 3.8) is 0 Å². The first-order valence-electron chi connectivity index (χ1n) is 8.23. The van der Waals surface area contributed by atoms with Crippen LogP contribution in [0.2, 0.25) is 0 Å². The van der Waals surface area contributed by atoms with Crippen molar-refractivity contribution in [1.82, 2.24) is 9.88 Å². The summed E-state index contributed by atoms with van der Waals surface area (Å²) in [5, 5.41) is 0.678. The number of anilines is 1. The van der Waals surface area contributed by atoms with Gasteiger partial charge in [-0.05, 0) is 38.8 Å². The third-order valence-electron chi connectivity index (χ3n) is 4.47. The molecule has 2 N–H and O–H groups in total. The van der Waals surface area contributed by atoms with E-state index in [1.807, 2.05) is 0 Å². The summed E-state index contributed by atoms with van der Waals surface area (Å²) in [5.74, 6) is 0. The summed E-state index contributed by atoms with van der Waals surface area (Å²) in [6.07, 6.45) is 5.21. The number of benzene rings is 1. The van der Waals surface area contributed by atoms with Crippen molar-refractivity contribution in [3.05, 3.63) is 34.7 Å².